The van der Waals surface area contributed by atoms with Crippen molar-refractivity contribution in [3.63, 3.8) is 0 Å². The second-order valence-electron chi connectivity index (χ2n) is 7.40. The number of fused-ring (bicyclic) bond motifs is 1. The van der Waals surface area contributed by atoms with Crippen molar-refractivity contribution < 1.29 is 8.42 Å². The number of nitrogens with zero attached hydrogens (tertiary/aromatic N) is 4. The van der Waals surface area contributed by atoms with Crippen LogP contribution < -0.4 is 5.32 Å². The fourth-order valence-electron chi connectivity index (χ4n) is 3.74. The first-order valence-electron chi connectivity index (χ1n) is 9.24. The molecule has 3 rings (SSSR count). The molecule has 0 bridgehead atoms. The molecule has 2 saturated heterocycles. The van der Waals surface area contributed by atoms with Crippen LogP contribution in [-0.4, -0.2) is 78.0 Å². The summed E-state index contributed by atoms with van der Waals surface area (Å²) in [5, 5.41) is 3.09. The monoisotopic (exact) mass is 379 g/mol. The molecule has 1 aromatic rings. The van der Waals surface area contributed by atoms with Crippen LogP contribution in [0.4, 0.5) is 5.95 Å². The number of sulfone groups is 1. The Morgan fingerprint density at radius 3 is 2.42 bits per heavy atom. The third kappa shape index (κ3) is 4.61. The van der Waals surface area contributed by atoms with Gasteiger partial charge in [-0.2, -0.15) is 0 Å². The Morgan fingerprint density at radius 2 is 1.81 bits per heavy atom. The van der Waals surface area contributed by atoms with Gasteiger partial charge in [0.2, 0.25) is 5.95 Å². The minimum absolute atomic E-state index is 0.0488. The highest BCUT2D eigenvalue weighted by Gasteiger charge is 2.46. The fourth-order valence-corrected chi connectivity index (χ4v) is 5.78. The number of hydrogen-bond donors (Lipinski definition) is 1. The third-order valence-electron chi connectivity index (χ3n) is 5.07. The minimum atomic E-state index is -2.98. The standard InChI is InChI=1S/C18H29N5O2S/c1-4-19-18-20-9-15(10-21-18)11-23-8-7-22(6-5-14(2)3)16-12-26(24,25)13-17(16)23/h5,9-10,16-17H,4,6-8,11-13H2,1-3H3,(H,19,20,21). The summed E-state index contributed by atoms with van der Waals surface area (Å²) >= 11 is 0. The zero-order valence-electron chi connectivity index (χ0n) is 15.9. The van der Waals surface area contributed by atoms with Crippen molar-refractivity contribution in [2.75, 3.05) is 43.0 Å². The van der Waals surface area contributed by atoms with E-state index < -0.39 is 9.84 Å². The Kier molecular flexibility index (Phi) is 5.94. The molecule has 3 heterocycles. The van der Waals surface area contributed by atoms with Gasteiger partial charge in [0.25, 0.3) is 0 Å². The van der Waals surface area contributed by atoms with Gasteiger partial charge in [-0.25, -0.2) is 18.4 Å². The van der Waals surface area contributed by atoms with E-state index in [9.17, 15) is 8.42 Å². The molecule has 2 atom stereocenters. The lowest BCUT2D eigenvalue weighted by atomic mass is 10.0. The lowest BCUT2D eigenvalue weighted by molar-refractivity contribution is 0.0476. The first-order valence-corrected chi connectivity index (χ1v) is 11.1. The summed E-state index contributed by atoms with van der Waals surface area (Å²) in [5.74, 6) is 1.14. The summed E-state index contributed by atoms with van der Waals surface area (Å²) < 4.78 is 24.6. The van der Waals surface area contributed by atoms with Crippen LogP contribution in [0.1, 0.15) is 26.3 Å². The maximum Gasteiger partial charge on any atom is 0.222 e. The van der Waals surface area contributed by atoms with Crippen molar-refractivity contribution in [3.05, 3.63) is 29.6 Å². The van der Waals surface area contributed by atoms with Crippen LogP contribution in [0.3, 0.4) is 0 Å². The molecule has 0 spiro atoms. The molecule has 1 N–H and O–H groups in total. The number of anilines is 1. The maximum atomic E-state index is 12.3. The highest BCUT2D eigenvalue weighted by molar-refractivity contribution is 7.91. The van der Waals surface area contributed by atoms with E-state index >= 15 is 0 Å². The van der Waals surface area contributed by atoms with E-state index in [-0.39, 0.29) is 23.6 Å². The molecule has 2 aliphatic rings. The molecule has 2 fully saturated rings. The number of aromatic nitrogens is 2. The van der Waals surface area contributed by atoms with E-state index in [2.05, 4.69) is 45.0 Å². The Morgan fingerprint density at radius 1 is 1.19 bits per heavy atom. The van der Waals surface area contributed by atoms with Crippen LogP contribution in [0.5, 0.6) is 0 Å². The van der Waals surface area contributed by atoms with E-state index in [0.717, 1.165) is 31.7 Å². The zero-order valence-corrected chi connectivity index (χ0v) is 16.7. The minimum Gasteiger partial charge on any atom is -0.355 e. The zero-order chi connectivity index (χ0) is 18.7. The van der Waals surface area contributed by atoms with Gasteiger partial charge < -0.3 is 5.32 Å². The predicted octanol–water partition coefficient (Wildman–Crippen LogP) is 1.16. The van der Waals surface area contributed by atoms with Crippen molar-refractivity contribution >= 4 is 15.8 Å². The molecule has 0 amide bonds. The molecule has 2 unspecified atom stereocenters. The first kappa shape index (κ1) is 19.3. The number of hydrogen-bond acceptors (Lipinski definition) is 7. The van der Waals surface area contributed by atoms with E-state index in [1.165, 1.54) is 5.57 Å². The number of nitrogens with one attached hydrogen (secondary N) is 1. The Balaban J connectivity index is 1.72. The predicted molar refractivity (Wildman–Crippen MR) is 104 cm³/mol. The van der Waals surface area contributed by atoms with Crippen LogP contribution in [0.2, 0.25) is 0 Å². The van der Waals surface area contributed by atoms with E-state index in [1.807, 2.05) is 19.3 Å². The molecule has 7 nitrogen and oxygen atoms in total. The lowest BCUT2D eigenvalue weighted by Crippen LogP contribution is -2.58. The van der Waals surface area contributed by atoms with Gasteiger partial charge in [-0.15, -0.1) is 0 Å². The molecule has 1 aromatic heterocycles. The van der Waals surface area contributed by atoms with Gasteiger partial charge in [0.05, 0.1) is 11.5 Å². The molecule has 0 aliphatic carbocycles. The molecule has 0 saturated carbocycles. The number of allylic oxidation sites excluding steroid dienone is 1. The van der Waals surface area contributed by atoms with Gasteiger partial charge in [-0.1, -0.05) is 11.6 Å². The third-order valence-corrected chi connectivity index (χ3v) is 6.76. The molecule has 0 aromatic carbocycles. The van der Waals surface area contributed by atoms with E-state index in [4.69, 9.17) is 0 Å². The summed E-state index contributed by atoms with van der Waals surface area (Å²) in [6, 6.07) is 0.124. The van der Waals surface area contributed by atoms with Crippen LogP contribution in [0.15, 0.2) is 24.0 Å². The van der Waals surface area contributed by atoms with Crippen molar-refractivity contribution in [2.24, 2.45) is 0 Å². The van der Waals surface area contributed by atoms with Gasteiger partial charge in [0.1, 0.15) is 0 Å². The number of piperazine rings is 1. The van der Waals surface area contributed by atoms with Crippen molar-refractivity contribution in [3.8, 4) is 0 Å². The summed E-state index contributed by atoms with van der Waals surface area (Å²) in [6.07, 6.45) is 5.85. The molecule has 0 radical (unpaired) electrons. The molecule has 2 aliphatic heterocycles. The quantitative estimate of drug-likeness (QED) is 0.743. The molecular weight excluding hydrogens is 350 g/mol. The van der Waals surface area contributed by atoms with E-state index in [0.29, 0.717) is 12.5 Å². The average Bonchev–Trinajstić information content (AvgIpc) is 2.91. The van der Waals surface area contributed by atoms with E-state index in [1.54, 1.807) is 0 Å². The normalized spacial score (nSPS) is 25.7. The van der Waals surface area contributed by atoms with Gasteiger partial charge in [-0.3, -0.25) is 9.80 Å². The summed E-state index contributed by atoms with van der Waals surface area (Å²) in [5.41, 5.74) is 2.29. The second-order valence-corrected chi connectivity index (χ2v) is 9.56. The largest absolute Gasteiger partial charge is 0.355 e. The van der Waals surface area contributed by atoms with Crippen LogP contribution >= 0.6 is 0 Å². The molecule has 26 heavy (non-hydrogen) atoms. The average molecular weight is 380 g/mol. The maximum absolute atomic E-state index is 12.3. The first-order chi connectivity index (χ1) is 12.4. The summed E-state index contributed by atoms with van der Waals surface area (Å²) in [7, 11) is -2.98. The highest BCUT2D eigenvalue weighted by atomic mass is 32.2. The number of rotatable bonds is 6. The SMILES string of the molecule is CCNc1ncc(CN2CCN(CC=C(C)C)C3CS(=O)(=O)CC32)cn1. The van der Waals surface area contributed by atoms with Gasteiger partial charge in [0.15, 0.2) is 9.84 Å². The van der Waals surface area contributed by atoms with Crippen LogP contribution in [-0.2, 0) is 16.4 Å². The smallest absolute Gasteiger partial charge is 0.222 e. The molecule has 8 heteroatoms. The van der Waals surface area contributed by atoms with Crippen LogP contribution in [0.25, 0.3) is 0 Å². The van der Waals surface area contributed by atoms with Crippen molar-refractivity contribution in [1.82, 2.24) is 19.8 Å². The van der Waals surface area contributed by atoms with Crippen LogP contribution in [0, 0.1) is 0 Å². The van der Waals surface area contributed by atoms with Gasteiger partial charge in [0, 0.05) is 62.8 Å². The van der Waals surface area contributed by atoms with Crippen molar-refractivity contribution in [2.45, 2.75) is 39.4 Å². The highest BCUT2D eigenvalue weighted by Crippen LogP contribution is 2.28. The molecular formula is C18H29N5O2S. The summed E-state index contributed by atoms with van der Waals surface area (Å²) in [4.78, 5) is 13.3. The van der Waals surface area contributed by atoms with Gasteiger partial charge >= 0.3 is 0 Å². The fraction of sp³-hybridized carbons (Fsp3) is 0.667. The Bertz CT molecular complexity index is 743. The Labute approximate surface area is 156 Å². The Hall–Kier alpha value is -1.51. The molecule has 144 valence electrons. The topological polar surface area (TPSA) is 78.4 Å². The lowest BCUT2D eigenvalue weighted by Gasteiger charge is -2.43. The summed E-state index contributed by atoms with van der Waals surface area (Å²) in [6.45, 7) is 10.2. The van der Waals surface area contributed by atoms with Gasteiger partial charge in [-0.05, 0) is 20.8 Å². The van der Waals surface area contributed by atoms with Crippen molar-refractivity contribution in [1.29, 1.82) is 0 Å². The second kappa shape index (κ2) is 8.02.